The summed E-state index contributed by atoms with van der Waals surface area (Å²) in [6, 6.07) is 11.0. The van der Waals surface area contributed by atoms with Crippen LogP contribution in [0.3, 0.4) is 0 Å². The molecule has 0 fully saturated rings. The van der Waals surface area contributed by atoms with Gasteiger partial charge in [0.25, 0.3) is 0 Å². The van der Waals surface area contributed by atoms with Crippen LogP contribution in [0.2, 0.25) is 10.0 Å². The number of ether oxygens (including phenoxy) is 1. The molecule has 0 bridgehead atoms. The molecule has 0 saturated heterocycles. The van der Waals surface area contributed by atoms with Crippen LogP contribution in [0.25, 0.3) is 0 Å². The maximum absolute atomic E-state index is 6.25. The molecule has 2 nitrogen and oxygen atoms in total. The van der Waals surface area contributed by atoms with Crippen LogP contribution < -0.4 is 10.5 Å². The van der Waals surface area contributed by atoms with E-state index in [0.717, 1.165) is 21.3 Å². The molecule has 0 heterocycles. The number of rotatable bonds is 4. The smallest absolute Gasteiger partial charge is 0.122 e. The van der Waals surface area contributed by atoms with E-state index in [1.54, 1.807) is 19.2 Å². The van der Waals surface area contributed by atoms with E-state index in [2.05, 4.69) is 15.9 Å². The second-order valence-electron chi connectivity index (χ2n) is 4.43. The first kappa shape index (κ1) is 15.6. The molecule has 0 saturated carbocycles. The highest BCUT2D eigenvalue weighted by atomic mass is 79.9. The first-order valence-corrected chi connectivity index (χ1v) is 7.59. The lowest BCUT2D eigenvalue weighted by molar-refractivity contribution is 0.408. The fourth-order valence-electron chi connectivity index (χ4n) is 2.06. The highest BCUT2D eigenvalue weighted by Crippen LogP contribution is 2.30. The molecular formula is C15H14BrCl2NO. The van der Waals surface area contributed by atoms with E-state index in [4.69, 9.17) is 33.7 Å². The molecule has 0 aliphatic carbocycles. The van der Waals surface area contributed by atoms with Gasteiger partial charge in [-0.25, -0.2) is 0 Å². The van der Waals surface area contributed by atoms with Crippen molar-refractivity contribution in [2.45, 2.75) is 12.5 Å². The Kier molecular flexibility index (Phi) is 5.33. The number of methoxy groups -OCH3 is 1. The Bertz CT molecular complexity index is 619. The van der Waals surface area contributed by atoms with E-state index in [1.165, 1.54) is 0 Å². The van der Waals surface area contributed by atoms with Crippen LogP contribution in [0.1, 0.15) is 17.2 Å². The summed E-state index contributed by atoms with van der Waals surface area (Å²) in [5.74, 6) is 0.814. The summed E-state index contributed by atoms with van der Waals surface area (Å²) in [7, 11) is 1.65. The molecule has 0 radical (unpaired) electrons. The van der Waals surface area contributed by atoms with Crippen LogP contribution in [-0.4, -0.2) is 7.11 Å². The molecule has 0 aliphatic rings. The van der Waals surface area contributed by atoms with Gasteiger partial charge in [-0.2, -0.15) is 0 Å². The quantitative estimate of drug-likeness (QED) is 0.816. The van der Waals surface area contributed by atoms with Gasteiger partial charge in [-0.05, 0) is 47.9 Å². The van der Waals surface area contributed by atoms with Gasteiger partial charge >= 0.3 is 0 Å². The van der Waals surface area contributed by atoms with Gasteiger partial charge in [0.1, 0.15) is 5.75 Å². The van der Waals surface area contributed by atoms with Crippen molar-refractivity contribution in [1.29, 1.82) is 0 Å². The Morgan fingerprint density at radius 3 is 2.60 bits per heavy atom. The molecule has 20 heavy (non-hydrogen) atoms. The average Bonchev–Trinajstić information content (AvgIpc) is 2.38. The number of halogens is 3. The van der Waals surface area contributed by atoms with Crippen molar-refractivity contribution >= 4 is 39.1 Å². The zero-order valence-electron chi connectivity index (χ0n) is 10.9. The summed E-state index contributed by atoms with van der Waals surface area (Å²) < 4.78 is 6.34. The standard InChI is InChI=1S/C15H14BrCl2NO/c1-20-15-5-2-10(16)6-9(15)7-14(19)12-4-3-11(17)8-13(12)18/h2-6,8,14H,7,19H2,1H3. The van der Waals surface area contributed by atoms with Gasteiger partial charge in [0.15, 0.2) is 0 Å². The number of hydrogen-bond acceptors (Lipinski definition) is 2. The lowest BCUT2D eigenvalue weighted by Crippen LogP contribution is -2.14. The minimum absolute atomic E-state index is 0.219. The van der Waals surface area contributed by atoms with Gasteiger partial charge in [0, 0.05) is 20.6 Å². The van der Waals surface area contributed by atoms with Crippen molar-refractivity contribution in [2.75, 3.05) is 7.11 Å². The molecule has 1 atom stereocenters. The lowest BCUT2D eigenvalue weighted by atomic mass is 9.99. The largest absolute Gasteiger partial charge is 0.496 e. The number of hydrogen-bond donors (Lipinski definition) is 1. The van der Waals surface area contributed by atoms with Crippen LogP contribution >= 0.6 is 39.1 Å². The summed E-state index contributed by atoms with van der Waals surface area (Å²) in [6.07, 6.45) is 0.629. The van der Waals surface area contributed by atoms with Crippen molar-refractivity contribution < 1.29 is 4.74 Å². The topological polar surface area (TPSA) is 35.2 Å². The van der Waals surface area contributed by atoms with Gasteiger partial charge in [-0.1, -0.05) is 45.2 Å². The zero-order chi connectivity index (χ0) is 14.7. The van der Waals surface area contributed by atoms with Gasteiger partial charge < -0.3 is 10.5 Å². The van der Waals surface area contributed by atoms with Gasteiger partial charge in [-0.3, -0.25) is 0 Å². The van der Waals surface area contributed by atoms with Crippen LogP contribution in [0, 0.1) is 0 Å². The SMILES string of the molecule is COc1ccc(Br)cc1CC(N)c1ccc(Cl)cc1Cl. The van der Waals surface area contributed by atoms with E-state index >= 15 is 0 Å². The molecule has 0 spiro atoms. The van der Waals surface area contributed by atoms with Crippen LogP contribution in [0.15, 0.2) is 40.9 Å². The Balaban J connectivity index is 2.27. The molecule has 0 aromatic heterocycles. The molecule has 106 valence electrons. The van der Waals surface area contributed by atoms with E-state index in [0.29, 0.717) is 16.5 Å². The summed E-state index contributed by atoms with van der Waals surface area (Å²) in [5.41, 5.74) is 8.15. The minimum atomic E-state index is -0.219. The summed E-state index contributed by atoms with van der Waals surface area (Å²) in [5, 5.41) is 1.19. The van der Waals surface area contributed by atoms with Crippen molar-refractivity contribution in [3.8, 4) is 5.75 Å². The molecular weight excluding hydrogens is 361 g/mol. The summed E-state index contributed by atoms with van der Waals surface area (Å²) in [6.45, 7) is 0. The molecule has 2 aromatic carbocycles. The Labute approximate surface area is 137 Å². The maximum Gasteiger partial charge on any atom is 0.122 e. The van der Waals surface area contributed by atoms with Gasteiger partial charge in [0.05, 0.1) is 7.11 Å². The molecule has 2 rings (SSSR count). The normalized spacial score (nSPS) is 12.2. The summed E-state index contributed by atoms with van der Waals surface area (Å²) >= 11 is 15.5. The highest BCUT2D eigenvalue weighted by Gasteiger charge is 2.14. The third kappa shape index (κ3) is 3.67. The van der Waals surface area contributed by atoms with Crippen LogP contribution in [-0.2, 0) is 6.42 Å². The predicted octanol–water partition coefficient (Wildman–Crippen LogP) is 5.01. The first-order chi connectivity index (χ1) is 9.51. The van der Waals surface area contributed by atoms with Gasteiger partial charge in [-0.15, -0.1) is 0 Å². The molecule has 2 aromatic rings. The van der Waals surface area contributed by atoms with E-state index in [-0.39, 0.29) is 6.04 Å². The van der Waals surface area contributed by atoms with E-state index in [1.807, 2.05) is 24.3 Å². The Morgan fingerprint density at radius 1 is 1.20 bits per heavy atom. The fourth-order valence-corrected chi connectivity index (χ4v) is 3.01. The predicted molar refractivity (Wildman–Crippen MR) is 87.8 cm³/mol. The van der Waals surface area contributed by atoms with E-state index < -0.39 is 0 Å². The highest BCUT2D eigenvalue weighted by molar-refractivity contribution is 9.10. The van der Waals surface area contributed by atoms with Crippen LogP contribution in [0.5, 0.6) is 5.75 Å². The second kappa shape index (κ2) is 6.81. The first-order valence-electron chi connectivity index (χ1n) is 6.04. The number of benzene rings is 2. The monoisotopic (exact) mass is 373 g/mol. The molecule has 5 heteroatoms. The average molecular weight is 375 g/mol. The molecule has 0 aliphatic heterocycles. The second-order valence-corrected chi connectivity index (χ2v) is 6.19. The molecule has 1 unspecified atom stereocenters. The molecule has 0 amide bonds. The van der Waals surface area contributed by atoms with Gasteiger partial charge in [0.2, 0.25) is 0 Å². The Morgan fingerprint density at radius 2 is 1.95 bits per heavy atom. The van der Waals surface area contributed by atoms with Crippen molar-refractivity contribution in [3.05, 3.63) is 62.0 Å². The minimum Gasteiger partial charge on any atom is -0.496 e. The zero-order valence-corrected chi connectivity index (χ0v) is 14.0. The number of nitrogens with two attached hydrogens (primary N) is 1. The van der Waals surface area contributed by atoms with E-state index in [9.17, 15) is 0 Å². The Hall–Kier alpha value is -0.740. The third-order valence-corrected chi connectivity index (χ3v) is 4.10. The molecule has 2 N–H and O–H groups in total. The van der Waals surface area contributed by atoms with Crippen molar-refractivity contribution in [3.63, 3.8) is 0 Å². The van der Waals surface area contributed by atoms with Crippen molar-refractivity contribution in [1.82, 2.24) is 0 Å². The lowest BCUT2D eigenvalue weighted by Gasteiger charge is -2.16. The third-order valence-electron chi connectivity index (χ3n) is 3.04. The fraction of sp³-hybridized carbons (Fsp3) is 0.200. The maximum atomic E-state index is 6.25. The van der Waals surface area contributed by atoms with Crippen LogP contribution in [0.4, 0.5) is 0 Å². The summed E-state index contributed by atoms with van der Waals surface area (Å²) in [4.78, 5) is 0. The van der Waals surface area contributed by atoms with Crippen molar-refractivity contribution in [2.24, 2.45) is 5.73 Å².